The Bertz CT molecular complexity index is 319. The van der Waals surface area contributed by atoms with Gasteiger partial charge in [0.1, 0.15) is 5.82 Å². The van der Waals surface area contributed by atoms with Crippen LogP contribution in [0.15, 0.2) is 18.2 Å². The Labute approximate surface area is 87.1 Å². The zero-order valence-corrected chi connectivity index (χ0v) is 8.62. The first-order valence-electron chi connectivity index (χ1n) is 3.86. The van der Waals surface area contributed by atoms with E-state index < -0.39 is 17.6 Å². The molecule has 78 valence electrons. The van der Waals surface area contributed by atoms with Crippen LogP contribution in [0.5, 0.6) is 0 Å². The Morgan fingerprint density at radius 1 is 1.14 bits per heavy atom. The zero-order valence-electron chi connectivity index (χ0n) is 7.04. The van der Waals surface area contributed by atoms with E-state index in [2.05, 4.69) is 15.9 Å². The Hall–Kier alpha value is -0.580. The second-order valence-corrected chi connectivity index (χ2v) is 3.58. The maximum Gasteiger partial charge on any atom is 0.416 e. The molecule has 0 aliphatic carbocycles. The lowest BCUT2D eigenvalue weighted by molar-refractivity contribution is -0.137. The Morgan fingerprint density at radius 3 is 2.29 bits per heavy atom. The van der Waals surface area contributed by atoms with Gasteiger partial charge in [-0.2, -0.15) is 13.2 Å². The van der Waals surface area contributed by atoms with Gasteiger partial charge in [0, 0.05) is 5.33 Å². The summed E-state index contributed by atoms with van der Waals surface area (Å²) in [6.07, 6.45) is -4.11. The predicted molar refractivity (Wildman–Crippen MR) is 48.9 cm³/mol. The lowest BCUT2D eigenvalue weighted by Crippen LogP contribution is -2.06. The second-order valence-electron chi connectivity index (χ2n) is 2.78. The van der Waals surface area contributed by atoms with Crippen molar-refractivity contribution in [2.24, 2.45) is 0 Å². The average molecular weight is 271 g/mol. The van der Waals surface area contributed by atoms with Gasteiger partial charge < -0.3 is 0 Å². The van der Waals surface area contributed by atoms with Crippen molar-refractivity contribution in [3.05, 3.63) is 35.1 Å². The van der Waals surface area contributed by atoms with Gasteiger partial charge in [-0.1, -0.05) is 15.9 Å². The van der Waals surface area contributed by atoms with E-state index in [1.165, 1.54) is 0 Å². The van der Waals surface area contributed by atoms with Crippen LogP contribution < -0.4 is 0 Å². The van der Waals surface area contributed by atoms with Crippen molar-refractivity contribution < 1.29 is 17.6 Å². The minimum atomic E-state index is -4.48. The van der Waals surface area contributed by atoms with E-state index >= 15 is 0 Å². The molecule has 1 rings (SSSR count). The van der Waals surface area contributed by atoms with Gasteiger partial charge in [-0.15, -0.1) is 0 Å². The summed E-state index contributed by atoms with van der Waals surface area (Å²) in [5.74, 6) is -0.851. The van der Waals surface area contributed by atoms with Crippen LogP contribution in [0.4, 0.5) is 17.6 Å². The SMILES string of the molecule is Fc1cc(CCBr)cc(C(F)(F)F)c1. The van der Waals surface area contributed by atoms with Crippen molar-refractivity contribution in [1.29, 1.82) is 0 Å². The molecule has 0 atom stereocenters. The summed E-state index contributed by atoms with van der Waals surface area (Å²) in [5.41, 5.74) is -0.595. The summed E-state index contributed by atoms with van der Waals surface area (Å²) < 4.78 is 49.4. The highest BCUT2D eigenvalue weighted by Gasteiger charge is 2.31. The largest absolute Gasteiger partial charge is 0.416 e. The molecule has 1 aromatic carbocycles. The van der Waals surface area contributed by atoms with E-state index in [4.69, 9.17) is 0 Å². The van der Waals surface area contributed by atoms with Crippen molar-refractivity contribution in [2.45, 2.75) is 12.6 Å². The number of rotatable bonds is 2. The fourth-order valence-corrected chi connectivity index (χ4v) is 1.53. The maximum absolute atomic E-state index is 12.8. The van der Waals surface area contributed by atoms with Crippen LogP contribution in [0.3, 0.4) is 0 Å². The highest BCUT2D eigenvalue weighted by Crippen LogP contribution is 2.30. The molecule has 5 heteroatoms. The van der Waals surface area contributed by atoms with Crippen molar-refractivity contribution in [3.8, 4) is 0 Å². The smallest absolute Gasteiger partial charge is 0.207 e. The Kier molecular flexibility index (Phi) is 3.53. The van der Waals surface area contributed by atoms with E-state index in [0.717, 1.165) is 12.1 Å². The van der Waals surface area contributed by atoms with Gasteiger partial charge in [-0.05, 0) is 30.2 Å². The predicted octanol–water partition coefficient (Wildman–Crippen LogP) is 3.78. The molecule has 0 aliphatic rings. The van der Waals surface area contributed by atoms with E-state index in [9.17, 15) is 17.6 Å². The molecule has 0 fully saturated rings. The summed E-state index contributed by atoms with van der Waals surface area (Å²) in [5, 5.41) is 0.508. The first kappa shape index (κ1) is 11.5. The van der Waals surface area contributed by atoms with Gasteiger partial charge in [0.25, 0.3) is 0 Å². The van der Waals surface area contributed by atoms with Crippen LogP contribution in [-0.4, -0.2) is 5.33 Å². The number of benzene rings is 1. The molecule has 0 saturated heterocycles. The van der Waals surface area contributed by atoms with Gasteiger partial charge in [0.15, 0.2) is 0 Å². The number of aryl methyl sites for hydroxylation is 1. The molecule has 0 N–H and O–H groups in total. The standard InChI is InChI=1S/C9H7BrF4/c10-2-1-6-3-7(9(12,13)14)5-8(11)4-6/h3-5H,1-2H2. The van der Waals surface area contributed by atoms with Crippen LogP contribution in [0.2, 0.25) is 0 Å². The minimum Gasteiger partial charge on any atom is -0.207 e. The zero-order chi connectivity index (χ0) is 10.8. The summed E-state index contributed by atoms with van der Waals surface area (Å²) in [4.78, 5) is 0. The quantitative estimate of drug-likeness (QED) is 0.567. The van der Waals surface area contributed by atoms with Gasteiger partial charge in [-0.25, -0.2) is 4.39 Å². The van der Waals surface area contributed by atoms with Crippen molar-refractivity contribution in [1.82, 2.24) is 0 Å². The van der Waals surface area contributed by atoms with E-state index in [1.807, 2.05) is 0 Å². The van der Waals surface area contributed by atoms with E-state index in [0.29, 0.717) is 23.4 Å². The molecule has 0 amide bonds. The molecular weight excluding hydrogens is 264 g/mol. The molecule has 0 bridgehead atoms. The lowest BCUT2D eigenvalue weighted by Gasteiger charge is -2.08. The number of hydrogen-bond donors (Lipinski definition) is 0. The summed E-state index contributed by atoms with van der Waals surface area (Å²) >= 11 is 3.08. The molecule has 0 heterocycles. The number of hydrogen-bond acceptors (Lipinski definition) is 0. The van der Waals surface area contributed by atoms with Crippen molar-refractivity contribution in [3.63, 3.8) is 0 Å². The van der Waals surface area contributed by atoms with Crippen LogP contribution in [-0.2, 0) is 12.6 Å². The number of alkyl halides is 4. The van der Waals surface area contributed by atoms with Crippen molar-refractivity contribution >= 4 is 15.9 Å². The fraction of sp³-hybridized carbons (Fsp3) is 0.333. The molecule has 0 unspecified atom stereocenters. The van der Waals surface area contributed by atoms with Gasteiger partial charge >= 0.3 is 6.18 Å². The topological polar surface area (TPSA) is 0 Å². The van der Waals surface area contributed by atoms with Crippen molar-refractivity contribution in [2.75, 3.05) is 5.33 Å². The third kappa shape index (κ3) is 2.97. The average Bonchev–Trinajstić information content (AvgIpc) is 2.02. The molecule has 0 saturated carbocycles. The van der Waals surface area contributed by atoms with Gasteiger partial charge in [0.2, 0.25) is 0 Å². The monoisotopic (exact) mass is 270 g/mol. The molecule has 14 heavy (non-hydrogen) atoms. The highest BCUT2D eigenvalue weighted by molar-refractivity contribution is 9.09. The highest BCUT2D eigenvalue weighted by atomic mass is 79.9. The third-order valence-electron chi connectivity index (χ3n) is 1.67. The van der Waals surface area contributed by atoms with Crippen LogP contribution in [0, 0.1) is 5.82 Å². The van der Waals surface area contributed by atoms with E-state index in [1.54, 1.807) is 0 Å². The molecular formula is C9H7BrF4. The second kappa shape index (κ2) is 4.29. The first-order valence-corrected chi connectivity index (χ1v) is 4.98. The molecule has 0 radical (unpaired) electrons. The van der Waals surface area contributed by atoms with Crippen LogP contribution in [0.1, 0.15) is 11.1 Å². The summed E-state index contributed by atoms with van der Waals surface area (Å²) in [6, 6.07) is 2.57. The minimum absolute atomic E-state index is 0.342. The van der Waals surface area contributed by atoms with E-state index in [-0.39, 0.29) is 0 Å². The Balaban J connectivity index is 3.07. The molecule has 0 spiro atoms. The molecule has 0 aromatic heterocycles. The van der Waals surface area contributed by atoms with Crippen LogP contribution in [0.25, 0.3) is 0 Å². The third-order valence-corrected chi connectivity index (χ3v) is 2.06. The molecule has 1 aromatic rings. The van der Waals surface area contributed by atoms with Gasteiger partial charge in [0.05, 0.1) is 5.56 Å². The Morgan fingerprint density at radius 2 is 1.79 bits per heavy atom. The van der Waals surface area contributed by atoms with Gasteiger partial charge in [-0.3, -0.25) is 0 Å². The summed E-state index contributed by atoms with van der Waals surface area (Å²) in [6.45, 7) is 0. The maximum atomic E-state index is 12.8. The van der Waals surface area contributed by atoms with Crippen LogP contribution >= 0.6 is 15.9 Å². The first-order chi connectivity index (χ1) is 6.43. The lowest BCUT2D eigenvalue weighted by atomic mass is 10.1. The molecule has 0 aliphatic heterocycles. The number of halogens is 5. The fourth-order valence-electron chi connectivity index (χ4n) is 1.07. The normalized spacial score (nSPS) is 11.8. The summed E-state index contributed by atoms with van der Waals surface area (Å²) in [7, 11) is 0. The molecule has 0 nitrogen and oxygen atoms in total.